The number of esters is 1. The Labute approximate surface area is 123 Å². The van der Waals surface area contributed by atoms with Crippen molar-refractivity contribution in [3.05, 3.63) is 48.0 Å². The molecule has 1 fully saturated rings. The van der Waals surface area contributed by atoms with E-state index >= 15 is 0 Å². The van der Waals surface area contributed by atoms with Crippen LogP contribution in [-0.2, 0) is 20.7 Å². The van der Waals surface area contributed by atoms with E-state index in [1.165, 1.54) is 0 Å². The predicted octanol–water partition coefficient (Wildman–Crippen LogP) is 2.20. The number of benzene rings is 2. The molecule has 0 unspecified atom stereocenters. The Morgan fingerprint density at radius 3 is 2.67 bits per heavy atom. The normalized spacial score (nSPS) is 13.9. The average Bonchev–Trinajstić information content (AvgIpc) is 3.29. The lowest BCUT2D eigenvalue weighted by molar-refractivity contribution is -0.147. The van der Waals surface area contributed by atoms with Crippen molar-refractivity contribution in [1.29, 1.82) is 0 Å². The first-order valence-corrected chi connectivity index (χ1v) is 7.14. The third-order valence-corrected chi connectivity index (χ3v) is 3.52. The lowest BCUT2D eigenvalue weighted by Crippen LogP contribution is -2.30. The molecule has 2 aromatic rings. The lowest BCUT2D eigenvalue weighted by Gasteiger charge is -2.07. The lowest BCUT2D eigenvalue weighted by atomic mass is 10.0. The Kier molecular flexibility index (Phi) is 3.86. The summed E-state index contributed by atoms with van der Waals surface area (Å²) >= 11 is 0. The molecular weight excluding hydrogens is 266 g/mol. The van der Waals surface area contributed by atoms with E-state index < -0.39 is 0 Å². The van der Waals surface area contributed by atoms with Gasteiger partial charge in [-0.2, -0.15) is 0 Å². The van der Waals surface area contributed by atoms with Gasteiger partial charge in [-0.3, -0.25) is 9.59 Å². The summed E-state index contributed by atoms with van der Waals surface area (Å²) in [7, 11) is 0. The summed E-state index contributed by atoms with van der Waals surface area (Å²) < 4.78 is 5.03. The van der Waals surface area contributed by atoms with Crippen molar-refractivity contribution >= 4 is 22.6 Å². The fourth-order valence-electron chi connectivity index (χ4n) is 2.30. The van der Waals surface area contributed by atoms with Crippen molar-refractivity contribution in [1.82, 2.24) is 5.32 Å². The second-order valence-electron chi connectivity index (χ2n) is 5.32. The number of carbonyl (C=O) groups is 2. The van der Waals surface area contributed by atoms with Crippen molar-refractivity contribution in [2.24, 2.45) is 0 Å². The van der Waals surface area contributed by atoms with Gasteiger partial charge < -0.3 is 10.1 Å². The minimum absolute atomic E-state index is 0.179. The molecule has 0 saturated heterocycles. The van der Waals surface area contributed by atoms with E-state index in [1.54, 1.807) is 0 Å². The second kappa shape index (κ2) is 5.95. The highest BCUT2D eigenvalue weighted by atomic mass is 16.5. The predicted molar refractivity (Wildman–Crippen MR) is 79.8 cm³/mol. The first-order valence-electron chi connectivity index (χ1n) is 7.14. The van der Waals surface area contributed by atoms with Crippen LogP contribution in [0.15, 0.2) is 42.5 Å². The molecular formula is C17H17NO3. The Hall–Kier alpha value is -2.36. The number of ether oxygens (including phenoxy) is 1. The molecule has 0 bridgehead atoms. The molecule has 0 heterocycles. The van der Waals surface area contributed by atoms with Gasteiger partial charge in [0.15, 0.2) is 6.61 Å². The zero-order valence-electron chi connectivity index (χ0n) is 11.7. The smallest absolute Gasteiger partial charge is 0.310 e. The molecule has 1 amide bonds. The molecule has 1 aliphatic rings. The molecule has 0 radical (unpaired) electrons. The van der Waals surface area contributed by atoms with Gasteiger partial charge in [-0.15, -0.1) is 0 Å². The second-order valence-corrected chi connectivity index (χ2v) is 5.32. The highest BCUT2D eigenvalue weighted by Crippen LogP contribution is 2.19. The van der Waals surface area contributed by atoms with Crippen LogP contribution >= 0.6 is 0 Å². The van der Waals surface area contributed by atoms with Crippen LogP contribution in [0.4, 0.5) is 0 Å². The van der Waals surface area contributed by atoms with Crippen LogP contribution in [-0.4, -0.2) is 24.5 Å². The Morgan fingerprint density at radius 2 is 1.86 bits per heavy atom. The van der Waals surface area contributed by atoms with Crippen molar-refractivity contribution in [2.45, 2.75) is 25.3 Å². The third-order valence-electron chi connectivity index (χ3n) is 3.52. The monoisotopic (exact) mass is 283 g/mol. The molecule has 1 saturated carbocycles. The molecule has 3 rings (SSSR count). The Morgan fingerprint density at radius 1 is 1.10 bits per heavy atom. The summed E-state index contributed by atoms with van der Waals surface area (Å²) in [5.74, 6) is -0.596. The van der Waals surface area contributed by atoms with Gasteiger partial charge in [0.1, 0.15) is 0 Å². The van der Waals surface area contributed by atoms with E-state index in [0.29, 0.717) is 0 Å². The zero-order valence-corrected chi connectivity index (χ0v) is 11.7. The summed E-state index contributed by atoms with van der Waals surface area (Å²) in [6, 6.07) is 14.0. The van der Waals surface area contributed by atoms with Crippen LogP contribution in [0.2, 0.25) is 0 Å². The molecule has 0 aliphatic heterocycles. The van der Waals surface area contributed by atoms with Gasteiger partial charge in [-0.25, -0.2) is 0 Å². The minimum Gasteiger partial charge on any atom is -0.455 e. The van der Waals surface area contributed by atoms with Crippen molar-refractivity contribution in [3.8, 4) is 0 Å². The summed E-state index contributed by atoms with van der Waals surface area (Å²) in [5, 5.41) is 4.92. The molecule has 1 aliphatic carbocycles. The number of fused-ring (bicyclic) bond motifs is 1. The van der Waals surface area contributed by atoms with Crippen molar-refractivity contribution in [2.75, 3.05) is 6.61 Å². The highest BCUT2D eigenvalue weighted by Gasteiger charge is 2.23. The van der Waals surface area contributed by atoms with E-state index in [9.17, 15) is 9.59 Å². The number of amides is 1. The Bertz CT molecular complexity index is 671. The number of carbonyl (C=O) groups excluding carboxylic acids is 2. The SMILES string of the molecule is O=C(COC(=O)Cc1cccc2ccccc12)NC1CC1. The maximum Gasteiger partial charge on any atom is 0.310 e. The molecule has 4 nitrogen and oxygen atoms in total. The third kappa shape index (κ3) is 3.60. The van der Waals surface area contributed by atoms with Gasteiger partial charge in [0.25, 0.3) is 5.91 Å². The summed E-state index contributed by atoms with van der Waals surface area (Å²) in [5.41, 5.74) is 0.917. The van der Waals surface area contributed by atoms with Gasteiger partial charge >= 0.3 is 5.97 Å². The molecule has 4 heteroatoms. The van der Waals surface area contributed by atoms with Gasteiger partial charge in [0.05, 0.1) is 6.42 Å². The maximum absolute atomic E-state index is 11.9. The average molecular weight is 283 g/mol. The summed E-state index contributed by atoms with van der Waals surface area (Å²) in [6.45, 7) is -0.194. The fraction of sp³-hybridized carbons (Fsp3) is 0.294. The fourth-order valence-corrected chi connectivity index (χ4v) is 2.30. The number of rotatable bonds is 5. The quantitative estimate of drug-likeness (QED) is 0.856. The molecule has 108 valence electrons. The Balaban J connectivity index is 1.59. The number of hydrogen-bond donors (Lipinski definition) is 1. The molecule has 0 atom stereocenters. The van der Waals surface area contributed by atoms with Gasteiger partial charge in [-0.05, 0) is 29.2 Å². The standard InChI is InChI=1S/C17H17NO3/c19-16(18-14-8-9-14)11-21-17(20)10-13-6-3-5-12-4-1-2-7-15(12)13/h1-7,14H,8-11H2,(H,18,19). The largest absolute Gasteiger partial charge is 0.455 e. The molecule has 1 N–H and O–H groups in total. The van der Waals surface area contributed by atoms with E-state index in [2.05, 4.69) is 5.32 Å². The molecule has 0 spiro atoms. The van der Waals surface area contributed by atoms with Crippen LogP contribution in [0.3, 0.4) is 0 Å². The van der Waals surface area contributed by atoms with Crippen molar-refractivity contribution in [3.63, 3.8) is 0 Å². The first kappa shape index (κ1) is 13.6. The topological polar surface area (TPSA) is 55.4 Å². The van der Waals surface area contributed by atoms with E-state index in [4.69, 9.17) is 4.74 Å². The first-order chi connectivity index (χ1) is 10.2. The van der Waals surface area contributed by atoms with Crippen LogP contribution < -0.4 is 5.32 Å². The summed E-state index contributed by atoms with van der Waals surface area (Å²) in [4.78, 5) is 23.3. The minimum atomic E-state index is -0.377. The van der Waals surface area contributed by atoms with Gasteiger partial charge in [0, 0.05) is 6.04 Å². The number of hydrogen-bond acceptors (Lipinski definition) is 3. The molecule has 2 aromatic carbocycles. The highest BCUT2D eigenvalue weighted by molar-refractivity contribution is 5.89. The number of nitrogens with one attached hydrogen (secondary N) is 1. The molecule has 0 aromatic heterocycles. The van der Waals surface area contributed by atoms with Crippen molar-refractivity contribution < 1.29 is 14.3 Å². The van der Waals surface area contributed by atoms with Crippen LogP contribution in [0, 0.1) is 0 Å². The van der Waals surface area contributed by atoms with Gasteiger partial charge in [0.2, 0.25) is 0 Å². The maximum atomic E-state index is 11.9. The zero-order chi connectivity index (χ0) is 14.7. The van der Waals surface area contributed by atoms with E-state index in [1.807, 2.05) is 42.5 Å². The molecule has 21 heavy (non-hydrogen) atoms. The van der Waals surface area contributed by atoms with E-state index in [-0.39, 0.29) is 30.9 Å². The van der Waals surface area contributed by atoms with Crippen LogP contribution in [0.5, 0.6) is 0 Å². The van der Waals surface area contributed by atoms with Gasteiger partial charge in [-0.1, -0.05) is 42.5 Å². The van der Waals surface area contributed by atoms with Crippen LogP contribution in [0.1, 0.15) is 18.4 Å². The van der Waals surface area contributed by atoms with E-state index in [0.717, 1.165) is 29.2 Å². The van der Waals surface area contributed by atoms with Crippen LogP contribution in [0.25, 0.3) is 10.8 Å². The summed E-state index contributed by atoms with van der Waals surface area (Å²) in [6.07, 6.45) is 2.23.